The van der Waals surface area contributed by atoms with E-state index in [1.165, 1.54) is 12.1 Å². The normalized spacial score (nSPS) is 19.1. The molecule has 168 valence electrons. The van der Waals surface area contributed by atoms with E-state index in [-0.39, 0.29) is 17.0 Å². The van der Waals surface area contributed by atoms with E-state index in [4.69, 9.17) is 4.52 Å². The van der Waals surface area contributed by atoms with Gasteiger partial charge in [-0.25, -0.2) is 8.78 Å². The molecule has 10 heteroatoms. The zero-order valence-corrected chi connectivity index (χ0v) is 17.3. The van der Waals surface area contributed by atoms with Crippen molar-refractivity contribution in [3.63, 3.8) is 0 Å². The molecule has 0 spiro atoms. The van der Waals surface area contributed by atoms with Crippen LogP contribution in [0.15, 0.2) is 47.2 Å². The smallest absolute Gasteiger partial charge is 0.309 e. The molecule has 1 aliphatic rings. The highest BCUT2D eigenvalue weighted by atomic mass is 19.1. The zero-order valence-electron chi connectivity index (χ0n) is 17.3. The standard InChI is InChI=1S/C22H22F2N4O4/c1-27-6-4-13(10-27)11-28-7-5-18(16(12-28)22(30)31)25-21(29)19-9-20(32-26-19)15-3-2-14(23)8-17(15)24/h2-4,6,8-10,16,18H,5,7,11-12H2,1H3,(H,25,29)(H,30,31)/t16-,18-/m1/s1. The van der Waals surface area contributed by atoms with Crippen LogP contribution in [0.25, 0.3) is 11.3 Å². The van der Waals surface area contributed by atoms with Gasteiger partial charge in [0, 0.05) is 57.3 Å². The van der Waals surface area contributed by atoms with Crippen LogP contribution < -0.4 is 5.32 Å². The van der Waals surface area contributed by atoms with Crippen LogP contribution in [0, 0.1) is 17.6 Å². The third kappa shape index (κ3) is 4.70. The van der Waals surface area contributed by atoms with Crippen LogP contribution in [0.1, 0.15) is 22.5 Å². The molecule has 1 fully saturated rings. The lowest BCUT2D eigenvalue weighted by Gasteiger charge is -2.36. The number of carboxylic acid groups (broad SMARTS) is 1. The van der Waals surface area contributed by atoms with Crippen LogP contribution >= 0.6 is 0 Å². The Kier molecular flexibility index (Phi) is 6.04. The molecule has 0 aliphatic carbocycles. The van der Waals surface area contributed by atoms with Crippen molar-refractivity contribution in [3.8, 4) is 11.3 Å². The molecule has 2 N–H and O–H groups in total. The number of likely N-dealkylation sites (tertiary alicyclic amines) is 1. The maximum Gasteiger partial charge on any atom is 0.309 e. The van der Waals surface area contributed by atoms with Crippen molar-refractivity contribution in [2.24, 2.45) is 13.0 Å². The highest BCUT2D eigenvalue weighted by molar-refractivity contribution is 5.93. The average Bonchev–Trinajstić information content (AvgIpc) is 3.38. The molecule has 8 nitrogen and oxygen atoms in total. The molecule has 3 aromatic rings. The molecule has 2 aromatic heterocycles. The van der Waals surface area contributed by atoms with Crippen molar-refractivity contribution in [2.75, 3.05) is 13.1 Å². The summed E-state index contributed by atoms with van der Waals surface area (Å²) in [6.07, 6.45) is 4.36. The number of rotatable bonds is 6. The fraction of sp³-hybridized carbons (Fsp3) is 0.318. The minimum atomic E-state index is -0.998. The number of piperidine rings is 1. The Labute approximate surface area is 182 Å². The van der Waals surface area contributed by atoms with Gasteiger partial charge in [-0.15, -0.1) is 0 Å². The van der Waals surface area contributed by atoms with Gasteiger partial charge >= 0.3 is 5.97 Å². The van der Waals surface area contributed by atoms with Crippen molar-refractivity contribution in [1.29, 1.82) is 0 Å². The second-order valence-corrected chi connectivity index (χ2v) is 7.93. The van der Waals surface area contributed by atoms with Gasteiger partial charge in [0.15, 0.2) is 11.5 Å². The number of benzene rings is 1. The largest absolute Gasteiger partial charge is 0.481 e. The van der Waals surface area contributed by atoms with Gasteiger partial charge in [0.05, 0.1) is 11.5 Å². The van der Waals surface area contributed by atoms with Crippen molar-refractivity contribution >= 4 is 11.9 Å². The summed E-state index contributed by atoms with van der Waals surface area (Å²) < 4.78 is 34.0. The second kappa shape index (κ2) is 8.91. The molecule has 0 radical (unpaired) electrons. The van der Waals surface area contributed by atoms with Gasteiger partial charge in [-0.05, 0) is 30.2 Å². The van der Waals surface area contributed by atoms with E-state index < -0.39 is 35.5 Å². The van der Waals surface area contributed by atoms with Gasteiger partial charge in [-0.1, -0.05) is 5.16 Å². The summed E-state index contributed by atoms with van der Waals surface area (Å²) in [5.74, 6) is -4.01. The molecule has 1 amide bonds. The molecule has 3 heterocycles. The first-order valence-corrected chi connectivity index (χ1v) is 10.1. The summed E-state index contributed by atoms with van der Waals surface area (Å²) in [4.78, 5) is 26.5. The SMILES string of the molecule is Cn1ccc(CN2CC[C@@H](NC(=O)c3cc(-c4ccc(F)cc4F)on3)[C@H](C(=O)O)C2)c1. The molecule has 32 heavy (non-hydrogen) atoms. The predicted molar refractivity (Wildman–Crippen MR) is 110 cm³/mol. The molecular weight excluding hydrogens is 422 g/mol. The minimum absolute atomic E-state index is 0.0277. The van der Waals surface area contributed by atoms with Crippen LogP contribution in [0.4, 0.5) is 8.78 Å². The maximum absolute atomic E-state index is 14.0. The molecule has 1 saturated heterocycles. The highest BCUT2D eigenvalue weighted by Crippen LogP contribution is 2.25. The fourth-order valence-corrected chi connectivity index (χ4v) is 3.94. The monoisotopic (exact) mass is 444 g/mol. The molecule has 0 saturated carbocycles. The van der Waals surface area contributed by atoms with Gasteiger partial charge in [0.25, 0.3) is 5.91 Å². The third-order valence-corrected chi connectivity index (χ3v) is 5.57. The molecule has 1 aliphatic heterocycles. The molecule has 2 atom stereocenters. The Hall–Kier alpha value is -3.53. The first kappa shape index (κ1) is 21.7. The summed E-state index contributed by atoms with van der Waals surface area (Å²) in [5, 5.41) is 16.1. The first-order valence-electron chi connectivity index (χ1n) is 10.1. The number of halogens is 2. The van der Waals surface area contributed by atoms with E-state index in [1.807, 2.05) is 35.0 Å². The quantitative estimate of drug-likeness (QED) is 0.606. The number of carboxylic acids is 1. The molecule has 0 unspecified atom stereocenters. The Balaban J connectivity index is 1.42. The first-order chi connectivity index (χ1) is 15.3. The summed E-state index contributed by atoms with van der Waals surface area (Å²) >= 11 is 0. The van der Waals surface area contributed by atoms with Crippen LogP contribution in [-0.2, 0) is 18.4 Å². The summed E-state index contributed by atoms with van der Waals surface area (Å²) in [5.41, 5.74) is 0.942. The van der Waals surface area contributed by atoms with Gasteiger partial charge in [0.1, 0.15) is 11.6 Å². The van der Waals surface area contributed by atoms with E-state index >= 15 is 0 Å². The lowest BCUT2D eigenvalue weighted by Crippen LogP contribution is -2.53. The number of carbonyl (C=O) groups excluding carboxylic acids is 1. The van der Waals surface area contributed by atoms with Crippen molar-refractivity contribution in [3.05, 3.63) is 65.6 Å². The fourth-order valence-electron chi connectivity index (χ4n) is 3.94. The zero-order chi connectivity index (χ0) is 22.8. The van der Waals surface area contributed by atoms with E-state index in [0.717, 1.165) is 11.6 Å². The number of hydrogen-bond donors (Lipinski definition) is 2. The van der Waals surface area contributed by atoms with E-state index in [0.29, 0.717) is 32.1 Å². The number of hydrogen-bond acceptors (Lipinski definition) is 5. The Morgan fingerprint density at radius 2 is 2.09 bits per heavy atom. The number of nitrogens with zero attached hydrogens (tertiary/aromatic N) is 3. The Bertz CT molecular complexity index is 1140. The van der Waals surface area contributed by atoms with Gasteiger partial charge in [0.2, 0.25) is 0 Å². The van der Waals surface area contributed by atoms with Gasteiger partial charge < -0.3 is 19.5 Å². The molecule has 4 rings (SSSR count). The number of aromatic nitrogens is 2. The van der Waals surface area contributed by atoms with E-state index in [2.05, 4.69) is 10.5 Å². The van der Waals surface area contributed by atoms with Crippen LogP contribution in [0.2, 0.25) is 0 Å². The van der Waals surface area contributed by atoms with Crippen molar-refractivity contribution in [2.45, 2.75) is 19.0 Å². The van der Waals surface area contributed by atoms with Crippen LogP contribution in [0.3, 0.4) is 0 Å². The van der Waals surface area contributed by atoms with E-state index in [9.17, 15) is 23.5 Å². The molecular formula is C22H22F2N4O4. The number of nitrogens with one attached hydrogen (secondary N) is 1. The van der Waals surface area contributed by atoms with Crippen molar-refractivity contribution in [1.82, 2.24) is 19.9 Å². The minimum Gasteiger partial charge on any atom is -0.481 e. The summed E-state index contributed by atoms with van der Waals surface area (Å²) in [7, 11) is 1.92. The predicted octanol–water partition coefficient (Wildman–Crippen LogP) is 2.66. The Morgan fingerprint density at radius 3 is 2.78 bits per heavy atom. The lowest BCUT2D eigenvalue weighted by atomic mass is 9.91. The van der Waals surface area contributed by atoms with E-state index in [1.54, 1.807) is 0 Å². The second-order valence-electron chi connectivity index (χ2n) is 7.93. The summed E-state index contributed by atoms with van der Waals surface area (Å²) in [6.45, 7) is 1.54. The van der Waals surface area contributed by atoms with Gasteiger partial charge in [-0.3, -0.25) is 14.5 Å². The Morgan fingerprint density at radius 1 is 1.28 bits per heavy atom. The number of amides is 1. The van der Waals surface area contributed by atoms with Gasteiger partial charge in [-0.2, -0.15) is 0 Å². The van der Waals surface area contributed by atoms with Crippen LogP contribution in [-0.4, -0.2) is 50.7 Å². The highest BCUT2D eigenvalue weighted by Gasteiger charge is 2.36. The summed E-state index contributed by atoms with van der Waals surface area (Å²) in [6, 6.07) is 5.60. The van der Waals surface area contributed by atoms with Crippen LogP contribution in [0.5, 0.6) is 0 Å². The molecule has 1 aromatic carbocycles. The molecule has 0 bridgehead atoms. The average molecular weight is 444 g/mol. The number of aryl methyl sites for hydroxylation is 1. The van der Waals surface area contributed by atoms with Crippen molar-refractivity contribution < 1.29 is 28.0 Å². The topological polar surface area (TPSA) is 101 Å². The number of aliphatic carboxylic acids is 1. The lowest BCUT2D eigenvalue weighted by molar-refractivity contribution is -0.144. The third-order valence-electron chi connectivity index (χ3n) is 5.57. The maximum atomic E-state index is 14.0. The number of carbonyl (C=O) groups is 2.